The molecule has 0 aliphatic rings. The standard InChI is InChI=1S/C14H22F2N2/c1-10(2)8-17-4-5-18-9-12-6-11(3)13(15)7-14(12)16/h6-7,10,17-18H,4-5,8-9H2,1-3H3. The van der Waals surface area contributed by atoms with E-state index < -0.39 is 11.6 Å². The van der Waals surface area contributed by atoms with Crippen LogP contribution in [0.5, 0.6) is 0 Å². The average Bonchev–Trinajstić information content (AvgIpc) is 2.29. The number of hydrogen-bond acceptors (Lipinski definition) is 2. The van der Waals surface area contributed by atoms with Crippen LogP contribution >= 0.6 is 0 Å². The summed E-state index contributed by atoms with van der Waals surface area (Å²) in [6.45, 7) is 8.96. The van der Waals surface area contributed by atoms with E-state index in [0.717, 1.165) is 25.7 Å². The van der Waals surface area contributed by atoms with E-state index in [1.165, 1.54) is 0 Å². The van der Waals surface area contributed by atoms with E-state index in [9.17, 15) is 8.78 Å². The van der Waals surface area contributed by atoms with Gasteiger partial charge in [-0.05, 0) is 31.0 Å². The minimum Gasteiger partial charge on any atom is -0.315 e. The van der Waals surface area contributed by atoms with Gasteiger partial charge in [-0.2, -0.15) is 0 Å². The molecule has 0 spiro atoms. The molecule has 2 N–H and O–H groups in total. The maximum absolute atomic E-state index is 13.4. The molecule has 0 heterocycles. The Balaban J connectivity index is 2.29. The van der Waals surface area contributed by atoms with E-state index in [2.05, 4.69) is 24.5 Å². The first-order valence-corrected chi connectivity index (χ1v) is 6.36. The molecule has 102 valence electrons. The largest absolute Gasteiger partial charge is 0.315 e. The molecule has 1 aromatic carbocycles. The zero-order valence-electron chi connectivity index (χ0n) is 11.3. The number of halogens is 2. The summed E-state index contributed by atoms with van der Waals surface area (Å²) < 4.78 is 26.5. The van der Waals surface area contributed by atoms with E-state index >= 15 is 0 Å². The molecule has 1 rings (SSSR count). The van der Waals surface area contributed by atoms with Crippen molar-refractivity contribution in [3.8, 4) is 0 Å². The van der Waals surface area contributed by atoms with Crippen molar-refractivity contribution in [3.63, 3.8) is 0 Å². The Kier molecular flexibility index (Phi) is 6.22. The highest BCUT2D eigenvalue weighted by Crippen LogP contribution is 2.13. The third-order valence-corrected chi connectivity index (χ3v) is 2.67. The first-order valence-electron chi connectivity index (χ1n) is 6.36. The first kappa shape index (κ1) is 15.1. The van der Waals surface area contributed by atoms with Gasteiger partial charge in [0.15, 0.2) is 0 Å². The van der Waals surface area contributed by atoms with Crippen molar-refractivity contribution < 1.29 is 8.78 Å². The lowest BCUT2D eigenvalue weighted by molar-refractivity contribution is 0.526. The van der Waals surface area contributed by atoms with Crippen molar-refractivity contribution in [2.75, 3.05) is 19.6 Å². The van der Waals surface area contributed by atoms with Crippen LogP contribution < -0.4 is 10.6 Å². The Morgan fingerprint density at radius 1 is 1.06 bits per heavy atom. The molecule has 2 nitrogen and oxygen atoms in total. The summed E-state index contributed by atoms with van der Waals surface area (Å²) in [6, 6.07) is 2.50. The van der Waals surface area contributed by atoms with Gasteiger partial charge in [0.25, 0.3) is 0 Å². The summed E-state index contributed by atoms with van der Waals surface area (Å²) in [4.78, 5) is 0. The lowest BCUT2D eigenvalue weighted by atomic mass is 10.1. The lowest BCUT2D eigenvalue weighted by Gasteiger charge is -2.09. The van der Waals surface area contributed by atoms with Gasteiger partial charge < -0.3 is 10.6 Å². The molecule has 4 heteroatoms. The van der Waals surface area contributed by atoms with Crippen molar-refractivity contribution in [1.82, 2.24) is 10.6 Å². The molecule has 1 aromatic rings. The molecule has 0 aliphatic heterocycles. The van der Waals surface area contributed by atoms with E-state index in [0.29, 0.717) is 23.6 Å². The monoisotopic (exact) mass is 256 g/mol. The highest BCUT2D eigenvalue weighted by atomic mass is 19.1. The molecule has 0 aliphatic carbocycles. The van der Waals surface area contributed by atoms with Gasteiger partial charge in [0, 0.05) is 31.3 Å². The van der Waals surface area contributed by atoms with Crippen LogP contribution in [0.15, 0.2) is 12.1 Å². The summed E-state index contributed by atoms with van der Waals surface area (Å²) in [5.74, 6) is -0.349. The Labute approximate surface area is 108 Å². The minimum atomic E-state index is -0.491. The van der Waals surface area contributed by atoms with Crippen LogP contribution in [0.2, 0.25) is 0 Å². The quantitative estimate of drug-likeness (QED) is 0.733. The predicted molar refractivity (Wildman–Crippen MR) is 70.5 cm³/mol. The molecule has 0 saturated heterocycles. The van der Waals surface area contributed by atoms with Crippen LogP contribution in [-0.2, 0) is 6.54 Å². The van der Waals surface area contributed by atoms with E-state index in [-0.39, 0.29) is 0 Å². The smallest absolute Gasteiger partial charge is 0.130 e. The second-order valence-corrected chi connectivity index (χ2v) is 4.97. The summed E-state index contributed by atoms with van der Waals surface area (Å²) in [5.41, 5.74) is 0.990. The Hall–Kier alpha value is -1.00. The normalized spacial score (nSPS) is 11.2. The highest BCUT2D eigenvalue weighted by Gasteiger charge is 2.06. The van der Waals surface area contributed by atoms with Crippen LogP contribution in [0.3, 0.4) is 0 Å². The van der Waals surface area contributed by atoms with Crippen LogP contribution in [-0.4, -0.2) is 19.6 Å². The molecule has 0 radical (unpaired) electrons. The third kappa shape index (κ3) is 5.10. The minimum absolute atomic E-state index is 0.427. The second kappa shape index (κ2) is 7.44. The van der Waals surface area contributed by atoms with E-state index in [1.807, 2.05) is 0 Å². The third-order valence-electron chi connectivity index (χ3n) is 2.67. The van der Waals surface area contributed by atoms with Crippen molar-refractivity contribution in [3.05, 3.63) is 34.9 Å². The van der Waals surface area contributed by atoms with Crippen molar-refractivity contribution >= 4 is 0 Å². The Morgan fingerprint density at radius 2 is 1.72 bits per heavy atom. The molecular formula is C14H22F2N2. The molecule has 0 unspecified atom stereocenters. The van der Waals surface area contributed by atoms with E-state index in [4.69, 9.17) is 0 Å². The van der Waals surface area contributed by atoms with Crippen LogP contribution in [0.1, 0.15) is 25.0 Å². The molecule has 0 bridgehead atoms. The van der Waals surface area contributed by atoms with Crippen molar-refractivity contribution in [2.24, 2.45) is 5.92 Å². The average molecular weight is 256 g/mol. The number of benzene rings is 1. The highest BCUT2D eigenvalue weighted by molar-refractivity contribution is 5.25. The molecule has 0 atom stereocenters. The zero-order chi connectivity index (χ0) is 13.5. The zero-order valence-corrected chi connectivity index (χ0v) is 11.3. The van der Waals surface area contributed by atoms with Gasteiger partial charge in [0.05, 0.1) is 0 Å². The number of rotatable bonds is 7. The molecule has 0 fully saturated rings. The van der Waals surface area contributed by atoms with Crippen LogP contribution in [0.25, 0.3) is 0 Å². The van der Waals surface area contributed by atoms with Gasteiger partial charge in [-0.15, -0.1) is 0 Å². The van der Waals surface area contributed by atoms with Crippen LogP contribution in [0, 0.1) is 24.5 Å². The van der Waals surface area contributed by atoms with Gasteiger partial charge in [0.2, 0.25) is 0 Å². The fourth-order valence-corrected chi connectivity index (χ4v) is 1.64. The molecular weight excluding hydrogens is 234 g/mol. The fraction of sp³-hybridized carbons (Fsp3) is 0.571. The predicted octanol–water partition coefficient (Wildman–Crippen LogP) is 2.61. The van der Waals surface area contributed by atoms with Gasteiger partial charge in [-0.3, -0.25) is 0 Å². The molecule has 0 aromatic heterocycles. The van der Waals surface area contributed by atoms with Crippen LogP contribution in [0.4, 0.5) is 8.78 Å². The molecule has 18 heavy (non-hydrogen) atoms. The van der Waals surface area contributed by atoms with E-state index in [1.54, 1.807) is 13.0 Å². The molecule has 0 saturated carbocycles. The summed E-state index contributed by atoms with van der Waals surface area (Å²) in [5, 5.41) is 6.43. The number of hydrogen-bond donors (Lipinski definition) is 2. The second-order valence-electron chi connectivity index (χ2n) is 4.97. The Bertz CT molecular complexity index is 378. The summed E-state index contributed by atoms with van der Waals surface area (Å²) >= 11 is 0. The first-order chi connectivity index (χ1) is 8.50. The SMILES string of the molecule is Cc1cc(CNCCNCC(C)C)c(F)cc1F. The number of nitrogens with one attached hydrogen (secondary N) is 2. The van der Waals surface area contributed by atoms with Gasteiger partial charge >= 0.3 is 0 Å². The lowest BCUT2D eigenvalue weighted by Crippen LogP contribution is -2.29. The maximum Gasteiger partial charge on any atom is 0.130 e. The summed E-state index contributed by atoms with van der Waals surface area (Å²) in [7, 11) is 0. The fourth-order valence-electron chi connectivity index (χ4n) is 1.64. The Morgan fingerprint density at radius 3 is 2.39 bits per heavy atom. The van der Waals surface area contributed by atoms with Gasteiger partial charge in [-0.25, -0.2) is 8.78 Å². The topological polar surface area (TPSA) is 24.1 Å². The van der Waals surface area contributed by atoms with Crippen molar-refractivity contribution in [2.45, 2.75) is 27.3 Å². The molecule has 0 amide bonds. The summed E-state index contributed by atoms with van der Waals surface area (Å²) in [6.07, 6.45) is 0. The maximum atomic E-state index is 13.4. The van der Waals surface area contributed by atoms with Gasteiger partial charge in [-0.1, -0.05) is 13.8 Å². The van der Waals surface area contributed by atoms with Crippen molar-refractivity contribution in [1.29, 1.82) is 0 Å². The van der Waals surface area contributed by atoms with Gasteiger partial charge in [0.1, 0.15) is 11.6 Å². The number of aryl methyl sites for hydroxylation is 1.